The van der Waals surface area contributed by atoms with Gasteiger partial charge in [-0.2, -0.15) is 0 Å². The SMILES string of the molecule is Cc1cc(C)cc(OCC(=O)NCc2ccc(C[NH+](C)C)cc2)c1. The van der Waals surface area contributed by atoms with Gasteiger partial charge < -0.3 is 15.0 Å². The third kappa shape index (κ3) is 6.05. The van der Waals surface area contributed by atoms with Crippen molar-refractivity contribution < 1.29 is 14.4 Å². The van der Waals surface area contributed by atoms with Crippen molar-refractivity contribution in [3.8, 4) is 5.75 Å². The lowest BCUT2D eigenvalue weighted by Crippen LogP contribution is -3.04. The van der Waals surface area contributed by atoms with E-state index in [2.05, 4.69) is 49.7 Å². The number of benzene rings is 2. The molecule has 24 heavy (non-hydrogen) atoms. The van der Waals surface area contributed by atoms with Gasteiger partial charge in [-0.05, 0) is 42.7 Å². The number of aryl methyl sites for hydroxylation is 2. The molecule has 4 heteroatoms. The largest absolute Gasteiger partial charge is 0.484 e. The molecular formula is C20H27N2O2+. The molecule has 0 bridgehead atoms. The number of carbonyl (C=O) groups excluding carboxylic acids is 1. The smallest absolute Gasteiger partial charge is 0.258 e. The maximum absolute atomic E-state index is 11.9. The van der Waals surface area contributed by atoms with Crippen molar-refractivity contribution in [1.29, 1.82) is 0 Å². The Kier molecular flexibility index (Phi) is 6.38. The fraction of sp³-hybridized carbons (Fsp3) is 0.350. The van der Waals surface area contributed by atoms with Crippen LogP contribution in [0.25, 0.3) is 0 Å². The van der Waals surface area contributed by atoms with Crippen molar-refractivity contribution >= 4 is 5.91 Å². The Hall–Kier alpha value is -2.33. The van der Waals surface area contributed by atoms with E-state index in [1.54, 1.807) is 0 Å². The fourth-order valence-electron chi connectivity index (χ4n) is 2.60. The van der Waals surface area contributed by atoms with E-state index in [1.807, 2.05) is 26.0 Å². The number of carbonyl (C=O) groups is 1. The molecule has 0 heterocycles. The van der Waals surface area contributed by atoms with Gasteiger partial charge in [0.1, 0.15) is 12.3 Å². The van der Waals surface area contributed by atoms with Crippen LogP contribution in [0.4, 0.5) is 0 Å². The Labute approximate surface area is 144 Å². The summed E-state index contributed by atoms with van der Waals surface area (Å²) in [5.41, 5.74) is 4.64. The molecule has 0 unspecified atom stereocenters. The third-order valence-electron chi connectivity index (χ3n) is 3.64. The summed E-state index contributed by atoms with van der Waals surface area (Å²) in [5.74, 6) is 0.620. The lowest BCUT2D eigenvalue weighted by molar-refractivity contribution is -0.872. The molecule has 0 aliphatic heterocycles. The number of hydrogen-bond acceptors (Lipinski definition) is 2. The summed E-state index contributed by atoms with van der Waals surface area (Å²) in [6.45, 7) is 5.58. The molecule has 0 aromatic heterocycles. The van der Waals surface area contributed by atoms with E-state index in [4.69, 9.17) is 4.74 Å². The van der Waals surface area contributed by atoms with E-state index in [1.165, 1.54) is 10.5 Å². The summed E-state index contributed by atoms with van der Waals surface area (Å²) in [5, 5.41) is 2.89. The van der Waals surface area contributed by atoms with Crippen molar-refractivity contribution in [3.05, 3.63) is 64.7 Å². The molecule has 4 nitrogen and oxygen atoms in total. The van der Waals surface area contributed by atoms with Gasteiger partial charge in [0, 0.05) is 12.1 Å². The molecule has 2 aromatic carbocycles. The number of nitrogens with one attached hydrogen (secondary N) is 2. The highest BCUT2D eigenvalue weighted by Gasteiger charge is 2.04. The molecule has 0 radical (unpaired) electrons. The number of amides is 1. The molecule has 0 aliphatic rings. The zero-order valence-electron chi connectivity index (χ0n) is 15.0. The molecule has 0 spiro atoms. The summed E-state index contributed by atoms with van der Waals surface area (Å²) >= 11 is 0. The lowest BCUT2D eigenvalue weighted by atomic mass is 10.1. The van der Waals surface area contributed by atoms with Crippen LogP contribution < -0.4 is 15.0 Å². The highest BCUT2D eigenvalue weighted by molar-refractivity contribution is 5.77. The summed E-state index contributed by atoms with van der Waals surface area (Å²) < 4.78 is 5.57. The minimum absolute atomic E-state index is 0.0327. The zero-order valence-corrected chi connectivity index (χ0v) is 15.0. The number of ether oxygens (including phenoxy) is 1. The Balaban J connectivity index is 1.78. The average molecular weight is 327 g/mol. The Morgan fingerprint density at radius 3 is 2.17 bits per heavy atom. The van der Waals surface area contributed by atoms with E-state index in [-0.39, 0.29) is 12.5 Å². The van der Waals surface area contributed by atoms with Crippen LogP contribution in [0.1, 0.15) is 22.3 Å². The zero-order chi connectivity index (χ0) is 17.5. The second kappa shape index (κ2) is 8.50. The van der Waals surface area contributed by atoms with Gasteiger partial charge in [0.15, 0.2) is 6.61 Å². The second-order valence-electron chi connectivity index (χ2n) is 6.59. The maximum Gasteiger partial charge on any atom is 0.258 e. The molecule has 0 saturated heterocycles. The van der Waals surface area contributed by atoms with E-state index >= 15 is 0 Å². The summed E-state index contributed by atoms with van der Waals surface area (Å²) in [7, 11) is 4.26. The molecule has 2 aromatic rings. The third-order valence-corrected chi connectivity index (χ3v) is 3.64. The highest BCUT2D eigenvalue weighted by Crippen LogP contribution is 2.15. The summed E-state index contributed by atoms with van der Waals surface area (Å²) in [6, 6.07) is 14.3. The molecule has 1 amide bonds. The molecule has 2 N–H and O–H groups in total. The highest BCUT2D eigenvalue weighted by atomic mass is 16.5. The van der Waals surface area contributed by atoms with Crippen molar-refractivity contribution in [2.24, 2.45) is 0 Å². The van der Waals surface area contributed by atoms with Crippen molar-refractivity contribution in [2.45, 2.75) is 26.9 Å². The first-order chi connectivity index (χ1) is 11.4. The van der Waals surface area contributed by atoms with E-state index in [0.29, 0.717) is 6.54 Å². The topological polar surface area (TPSA) is 42.8 Å². The quantitative estimate of drug-likeness (QED) is 0.812. The van der Waals surface area contributed by atoms with Gasteiger partial charge in [-0.1, -0.05) is 30.3 Å². The molecule has 0 aliphatic carbocycles. The van der Waals surface area contributed by atoms with Gasteiger partial charge in [-0.25, -0.2) is 0 Å². The number of hydrogen-bond donors (Lipinski definition) is 2. The van der Waals surface area contributed by atoms with Crippen molar-refractivity contribution in [2.75, 3.05) is 20.7 Å². The number of quaternary nitrogens is 1. The van der Waals surface area contributed by atoms with E-state index in [9.17, 15) is 4.79 Å². The van der Waals surface area contributed by atoms with Crippen LogP contribution in [0.3, 0.4) is 0 Å². The fourth-order valence-corrected chi connectivity index (χ4v) is 2.60. The molecule has 0 fully saturated rings. The molecule has 2 rings (SSSR count). The van der Waals surface area contributed by atoms with Crippen LogP contribution in [0.2, 0.25) is 0 Å². The van der Waals surface area contributed by atoms with Gasteiger partial charge >= 0.3 is 0 Å². The van der Waals surface area contributed by atoms with Crippen LogP contribution in [-0.2, 0) is 17.9 Å². The monoisotopic (exact) mass is 327 g/mol. The number of rotatable bonds is 7. The first-order valence-electron chi connectivity index (χ1n) is 8.27. The Bertz CT molecular complexity index is 658. The van der Waals surface area contributed by atoms with Crippen LogP contribution in [-0.4, -0.2) is 26.6 Å². The van der Waals surface area contributed by atoms with Gasteiger partial charge in [-0.15, -0.1) is 0 Å². The molecule has 0 atom stereocenters. The van der Waals surface area contributed by atoms with Gasteiger partial charge in [-0.3, -0.25) is 4.79 Å². The minimum Gasteiger partial charge on any atom is -0.484 e. The average Bonchev–Trinajstić information content (AvgIpc) is 2.51. The summed E-state index contributed by atoms with van der Waals surface area (Å²) in [6.07, 6.45) is 0. The van der Waals surface area contributed by atoms with Crippen LogP contribution >= 0.6 is 0 Å². The molecule has 128 valence electrons. The van der Waals surface area contributed by atoms with E-state index < -0.39 is 0 Å². The van der Waals surface area contributed by atoms with Crippen LogP contribution in [0.5, 0.6) is 5.75 Å². The predicted octanol–water partition coefficient (Wildman–Crippen LogP) is 1.64. The normalized spacial score (nSPS) is 10.7. The van der Waals surface area contributed by atoms with E-state index in [0.717, 1.165) is 29.0 Å². The standard InChI is InChI=1S/C20H26N2O2/c1-15-9-16(2)11-19(10-15)24-14-20(23)21-12-17-5-7-18(8-6-17)13-22(3)4/h5-11H,12-14H2,1-4H3,(H,21,23)/p+1. The van der Waals surface area contributed by atoms with Gasteiger partial charge in [0.05, 0.1) is 14.1 Å². The van der Waals surface area contributed by atoms with Crippen LogP contribution in [0.15, 0.2) is 42.5 Å². The minimum atomic E-state index is -0.115. The second-order valence-corrected chi connectivity index (χ2v) is 6.59. The van der Waals surface area contributed by atoms with Crippen molar-refractivity contribution in [3.63, 3.8) is 0 Å². The first-order valence-corrected chi connectivity index (χ1v) is 8.27. The maximum atomic E-state index is 11.9. The molecular weight excluding hydrogens is 300 g/mol. The Morgan fingerprint density at radius 1 is 1.00 bits per heavy atom. The lowest BCUT2D eigenvalue weighted by Gasteiger charge is -2.10. The van der Waals surface area contributed by atoms with Gasteiger partial charge in [0.25, 0.3) is 5.91 Å². The first kappa shape index (κ1) is 18.0. The van der Waals surface area contributed by atoms with Gasteiger partial charge in [0.2, 0.25) is 0 Å². The molecule has 0 saturated carbocycles. The summed E-state index contributed by atoms with van der Waals surface area (Å²) in [4.78, 5) is 13.3. The van der Waals surface area contributed by atoms with Crippen molar-refractivity contribution in [1.82, 2.24) is 5.32 Å². The Morgan fingerprint density at radius 2 is 1.58 bits per heavy atom. The van der Waals surface area contributed by atoms with Crippen LogP contribution in [0, 0.1) is 13.8 Å². The predicted molar refractivity (Wildman–Crippen MR) is 96.2 cm³/mol.